The third kappa shape index (κ3) is 3.60. The highest BCUT2D eigenvalue weighted by molar-refractivity contribution is 5.89. The molecule has 0 aliphatic rings. The molecule has 0 spiro atoms. The minimum Gasteiger partial charge on any atom is -0.339 e. The molecule has 0 aromatic carbocycles. The molecule has 0 fully saturated rings. The standard InChI is InChI=1S/C15H16N6O2/c1-10-8-12(21(2)19-10)17-13(22)5-6-14-18-15(20-23-14)11-4-3-7-16-9-11/h3-4,7-9H,5-6H2,1-2H3,(H,17,22). The fourth-order valence-electron chi connectivity index (χ4n) is 2.12. The molecule has 0 radical (unpaired) electrons. The number of carbonyl (C=O) groups excluding carboxylic acids is 1. The van der Waals surface area contributed by atoms with Gasteiger partial charge in [0.2, 0.25) is 17.6 Å². The van der Waals surface area contributed by atoms with Gasteiger partial charge in [-0.25, -0.2) is 0 Å². The van der Waals surface area contributed by atoms with Gasteiger partial charge < -0.3 is 9.84 Å². The fraction of sp³-hybridized carbons (Fsp3) is 0.267. The number of aromatic nitrogens is 5. The van der Waals surface area contributed by atoms with Crippen LogP contribution in [-0.2, 0) is 18.3 Å². The lowest BCUT2D eigenvalue weighted by atomic mass is 10.2. The van der Waals surface area contributed by atoms with Gasteiger partial charge >= 0.3 is 0 Å². The van der Waals surface area contributed by atoms with E-state index in [2.05, 4.69) is 25.5 Å². The molecule has 1 amide bonds. The zero-order valence-electron chi connectivity index (χ0n) is 12.9. The van der Waals surface area contributed by atoms with Crippen LogP contribution < -0.4 is 5.32 Å². The van der Waals surface area contributed by atoms with Crippen molar-refractivity contribution in [1.82, 2.24) is 24.9 Å². The van der Waals surface area contributed by atoms with Crippen LogP contribution in [0, 0.1) is 6.92 Å². The number of nitrogens with one attached hydrogen (secondary N) is 1. The summed E-state index contributed by atoms with van der Waals surface area (Å²) >= 11 is 0. The van der Waals surface area contributed by atoms with Crippen LogP contribution >= 0.6 is 0 Å². The van der Waals surface area contributed by atoms with E-state index in [1.807, 2.05) is 19.1 Å². The molecule has 0 aliphatic carbocycles. The highest BCUT2D eigenvalue weighted by atomic mass is 16.5. The van der Waals surface area contributed by atoms with E-state index in [4.69, 9.17) is 4.52 Å². The first kappa shape index (κ1) is 14.9. The van der Waals surface area contributed by atoms with Gasteiger partial charge in [-0.1, -0.05) is 5.16 Å². The van der Waals surface area contributed by atoms with Gasteiger partial charge in [-0.05, 0) is 19.1 Å². The third-order valence-electron chi connectivity index (χ3n) is 3.22. The molecule has 8 heteroatoms. The summed E-state index contributed by atoms with van der Waals surface area (Å²) in [7, 11) is 1.78. The number of rotatable bonds is 5. The first-order chi connectivity index (χ1) is 11.1. The molecule has 3 heterocycles. The molecule has 0 bridgehead atoms. The van der Waals surface area contributed by atoms with Crippen LogP contribution in [0.1, 0.15) is 18.0 Å². The average molecular weight is 312 g/mol. The van der Waals surface area contributed by atoms with Crippen molar-refractivity contribution in [3.8, 4) is 11.4 Å². The molecule has 0 aliphatic heterocycles. The van der Waals surface area contributed by atoms with Gasteiger partial charge in [0.05, 0.1) is 5.69 Å². The summed E-state index contributed by atoms with van der Waals surface area (Å²) in [4.78, 5) is 20.2. The molecule has 0 saturated carbocycles. The van der Waals surface area contributed by atoms with E-state index in [-0.39, 0.29) is 12.3 Å². The summed E-state index contributed by atoms with van der Waals surface area (Å²) < 4.78 is 6.79. The summed E-state index contributed by atoms with van der Waals surface area (Å²) in [5, 5.41) is 10.9. The minimum atomic E-state index is -0.130. The maximum Gasteiger partial charge on any atom is 0.227 e. The summed E-state index contributed by atoms with van der Waals surface area (Å²) in [5.74, 6) is 1.42. The van der Waals surface area contributed by atoms with Crippen molar-refractivity contribution < 1.29 is 9.32 Å². The lowest BCUT2D eigenvalue weighted by molar-refractivity contribution is -0.116. The number of hydrogen-bond donors (Lipinski definition) is 1. The second kappa shape index (κ2) is 6.39. The van der Waals surface area contributed by atoms with Crippen molar-refractivity contribution in [2.75, 3.05) is 5.32 Å². The Morgan fingerprint density at radius 2 is 2.30 bits per heavy atom. The normalized spacial score (nSPS) is 10.7. The SMILES string of the molecule is Cc1cc(NC(=O)CCc2nc(-c3cccnc3)no2)n(C)n1. The monoisotopic (exact) mass is 312 g/mol. The smallest absolute Gasteiger partial charge is 0.227 e. The topological polar surface area (TPSA) is 98.7 Å². The number of anilines is 1. The van der Waals surface area contributed by atoms with Gasteiger partial charge in [0, 0.05) is 43.9 Å². The number of nitrogens with zero attached hydrogens (tertiary/aromatic N) is 5. The number of pyridine rings is 1. The van der Waals surface area contributed by atoms with Gasteiger partial charge in [0.1, 0.15) is 5.82 Å². The largest absolute Gasteiger partial charge is 0.339 e. The van der Waals surface area contributed by atoms with Crippen molar-refractivity contribution in [2.45, 2.75) is 19.8 Å². The molecule has 3 aromatic rings. The second-order valence-corrected chi connectivity index (χ2v) is 5.10. The zero-order valence-corrected chi connectivity index (χ0v) is 12.9. The number of carbonyl (C=O) groups is 1. The van der Waals surface area contributed by atoms with Gasteiger partial charge in [-0.2, -0.15) is 10.1 Å². The summed E-state index contributed by atoms with van der Waals surface area (Å²) in [6.45, 7) is 1.87. The Kier molecular flexibility index (Phi) is 4.13. The molecule has 8 nitrogen and oxygen atoms in total. The number of aryl methyl sites for hydroxylation is 3. The third-order valence-corrected chi connectivity index (χ3v) is 3.22. The molecule has 0 unspecified atom stereocenters. The Morgan fingerprint density at radius 1 is 1.43 bits per heavy atom. The van der Waals surface area contributed by atoms with E-state index in [9.17, 15) is 4.79 Å². The molecule has 0 saturated heterocycles. The molecule has 23 heavy (non-hydrogen) atoms. The quantitative estimate of drug-likeness (QED) is 0.770. The van der Waals surface area contributed by atoms with E-state index >= 15 is 0 Å². The van der Waals surface area contributed by atoms with E-state index in [1.54, 1.807) is 30.2 Å². The second-order valence-electron chi connectivity index (χ2n) is 5.10. The summed E-state index contributed by atoms with van der Waals surface area (Å²) in [6.07, 6.45) is 3.95. The molecule has 3 rings (SSSR count). The lowest BCUT2D eigenvalue weighted by Gasteiger charge is -2.03. The van der Waals surface area contributed by atoms with Crippen LogP contribution in [-0.4, -0.2) is 30.8 Å². The maximum atomic E-state index is 12.0. The highest BCUT2D eigenvalue weighted by Crippen LogP contribution is 2.14. The molecular formula is C15H16N6O2. The van der Waals surface area contributed by atoms with Crippen LogP contribution in [0.4, 0.5) is 5.82 Å². The molecule has 0 atom stereocenters. The first-order valence-electron chi connectivity index (χ1n) is 7.15. The first-order valence-corrected chi connectivity index (χ1v) is 7.15. The fourth-order valence-corrected chi connectivity index (χ4v) is 2.12. The van der Waals surface area contributed by atoms with E-state index in [0.717, 1.165) is 11.3 Å². The average Bonchev–Trinajstić information content (AvgIpc) is 3.13. The van der Waals surface area contributed by atoms with Crippen molar-refractivity contribution in [3.05, 3.63) is 42.2 Å². The molecule has 1 N–H and O–H groups in total. The molecule has 118 valence electrons. The Morgan fingerprint density at radius 3 is 3.00 bits per heavy atom. The Labute approximate surface area is 132 Å². The van der Waals surface area contributed by atoms with E-state index < -0.39 is 0 Å². The van der Waals surface area contributed by atoms with Crippen LogP contribution in [0.2, 0.25) is 0 Å². The van der Waals surface area contributed by atoms with Gasteiger partial charge in [0.15, 0.2) is 0 Å². The zero-order chi connectivity index (χ0) is 16.2. The van der Waals surface area contributed by atoms with Gasteiger partial charge in [0.25, 0.3) is 0 Å². The molecular weight excluding hydrogens is 296 g/mol. The Bertz CT molecular complexity index is 808. The predicted molar refractivity (Wildman–Crippen MR) is 82.4 cm³/mol. The minimum absolute atomic E-state index is 0.130. The molecule has 3 aromatic heterocycles. The van der Waals surface area contributed by atoms with Crippen LogP contribution in [0.3, 0.4) is 0 Å². The van der Waals surface area contributed by atoms with Crippen molar-refractivity contribution in [3.63, 3.8) is 0 Å². The van der Waals surface area contributed by atoms with Gasteiger partial charge in [-0.3, -0.25) is 14.5 Å². The lowest BCUT2D eigenvalue weighted by Crippen LogP contribution is -2.14. The van der Waals surface area contributed by atoms with Gasteiger partial charge in [-0.15, -0.1) is 0 Å². The van der Waals surface area contributed by atoms with Crippen LogP contribution in [0.15, 0.2) is 35.1 Å². The van der Waals surface area contributed by atoms with Crippen LogP contribution in [0.25, 0.3) is 11.4 Å². The highest BCUT2D eigenvalue weighted by Gasteiger charge is 2.12. The maximum absolute atomic E-state index is 12.0. The number of amides is 1. The summed E-state index contributed by atoms with van der Waals surface area (Å²) in [5.41, 5.74) is 1.62. The number of hydrogen-bond acceptors (Lipinski definition) is 6. The van der Waals surface area contributed by atoms with E-state index in [0.29, 0.717) is 24.0 Å². The van der Waals surface area contributed by atoms with Crippen LogP contribution in [0.5, 0.6) is 0 Å². The Balaban J connectivity index is 1.57. The van der Waals surface area contributed by atoms with Crippen molar-refractivity contribution in [2.24, 2.45) is 7.05 Å². The van der Waals surface area contributed by atoms with Crippen molar-refractivity contribution in [1.29, 1.82) is 0 Å². The van der Waals surface area contributed by atoms with E-state index in [1.165, 1.54) is 0 Å². The predicted octanol–water partition coefficient (Wildman–Crippen LogP) is 1.74. The summed E-state index contributed by atoms with van der Waals surface area (Å²) in [6, 6.07) is 5.46. The Hall–Kier alpha value is -3.03. The van der Waals surface area contributed by atoms with Crippen molar-refractivity contribution >= 4 is 11.7 Å².